The molecule has 1 N–H and O–H groups in total. The zero-order chi connectivity index (χ0) is 25.9. The molecule has 8 heteroatoms. The highest BCUT2D eigenvalue weighted by molar-refractivity contribution is 6.21. The molecule has 2 heterocycles. The van der Waals surface area contributed by atoms with Crippen LogP contribution in [0.4, 0.5) is 5.69 Å². The van der Waals surface area contributed by atoms with Crippen molar-refractivity contribution in [1.82, 2.24) is 4.90 Å². The Morgan fingerprint density at radius 3 is 2.46 bits per heavy atom. The molecule has 5 rings (SSSR count). The van der Waals surface area contributed by atoms with Gasteiger partial charge in [0, 0.05) is 18.4 Å². The van der Waals surface area contributed by atoms with Gasteiger partial charge in [-0.3, -0.25) is 19.3 Å². The fraction of sp³-hybridized carbons (Fsp3) is 0.276. The number of nitrogens with one attached hydrogen (secondary N) is 1. The van der Waals surface area contributed by atoms with E-state index in [1.165, 1.54) is 4.90 Å². The molecular weight excluding hydrogens is 472 g/mol. The number of ether oxygens (including phenoxy) is 3. The van der Waals surface area contributed by atoms with Crippen LogP contribution in [0, 0.1) is 13.8 Å². The number of benzene rings is 3. The summed E-state index contributed by atoms with van der Waals surface area (Å²) < 4.78 is 17.2. The highest BCUT2D eigenvalue weighted by Gasteiger charge is 2.37. The van der Waals surface area contributed by atoms with Crippen molar-refractivity contribution in [3.63, 3.8) is 0 Å². The van der Waals surface area contributed by atoms with Crippen LogP contribution in [-0.2, 0) is 9.53 Å². The van der Waals surface area contributed by atoms with Gasteiger partial charge in [-0.25, -0.2) is 0 Å². The molecule has 2 aliphatic heterocycles. The van der Waals surface area contributed by atoms with E-state index >= 15 is 0 Å². The molecule has 0 aromatic heterocycles. The van der Waals surface area contributed by atoms with Gasteiger partial charge in [0.25, 0.3) is 17.7 Å². The minimum absolute atomic E-state index is 0.109. The van der Waals surface area contributed by atoms with E-state index in [2.05, 4.69) is 5.32 Å². The Morgan fingerprint density at radius 1 is 0.946 bits per heavy atom. The second-order valence-electron chi connectivity index (χ2n) is 9.35. The van der Waals surface area contributed by atoms with Crippen molar-refractivity contribution >= 4 is 23.4 Å². The van der Waals surface area contributed by atoms with Crippen LogP contribution < -0.4 is 14.8 Å². The van der Waals surface area contributed by atoms with Gasteiger partial charge in [-0.2, -0.15) is 0 Å². The summed E-state index contributed by atoms with van der Waals surface area (Å²) >= 11 is 0. The summed E-state index contributed by atoms with van der Waals surface area (Å²) in [6, 6.07) is 17.6. The molecule has 1 fully saturated rings. The molecule has 1 saturated heterocycles. The Morgan fingerprint density at radius 2 is 1.70 bits per heavy atom. The van der Waals surface area contributed by atoms with Crippen molar-refractivity contribution < 1.29 is 28.6 Å². The average molecular weight is 501 g/mol. The predicted molar refractivity (Wildman–Crippen MR) is 137 cm³/mol. The van der Waals surface area contributed by atoms with Crippen molar-refractivity contribution in [2.24, 2.45) is 0 Å². The molecule has 8 nitrogen and oxygen atoms in total. The van der Waals surface area contributed by atoms with Gasteiger partial charge < -0.3 is 19.5 Å². The molecule has 2 aliphatic rings. The van der Waals surface area contributed by atoms with E-state index in [0.717, 1.165) is 24.0 Å². The number of nitrogens with zero attached hydrogens (tertiary/aromatic N) is 1. The minimum atomic E-state index is -0.342. The van der Waals surface area contributed by atoms with E-state index in [0.29, 0.717) is 40.7 Å². The van der Waals surface area contributed by atoms with E-state index in [1.54, 1.807) is 42.5 Å². The first kappa shape index (κ1) is 24.5. The lowest BCUT2D eigenvalue weighted by Crippen LogP contribution is -2.36. The van der Waals surface area contributed by atoms with Gasteiger partial charge in [-0.05, 0) is 80.3 Å². The van der Waals surface area contributed by atoms with E-state index in [-0.39, 0.29) is 37.0 Å². The standard InChI is InChI=1S/C29H28N2O6/c1-18-11-19(2)13-24(12-18)36-17-27(32)30-20-5-3-6-21(14-20)37-22-8-9-25-26(15-22)29(34)31(28(25)33)16-23-7-4-10-35-23/h3,5-6,8-9,11-15,23H,4,7,10,16-17H2,1-2H3,(H,30,32). The number of rotatable bonds is 8. The van der Waals surface area contributed by atoms with Crippen LogP contribution in [0.25, 0.3) is 0 Å². The van der Waals surface area contributed by atoms with Gasteiger partial charge >= 0.3 is 0 Å². The highest BCUT2D eigenvalue weighted by atomic mass is 16.5. The van der Waals surface area contributed by atoms with Gasteiger partial charge in [0.2, 0.25) is 0 Å². The van der Waals surface area contributed by atoms with Gasteiger partial charge in [0.1, 0.15) is 17.2 Å². The number of fused-ring (bicyclic) bond motifs is 1. The van der Waals surface area contributed by atoms with Gasteiger partial charge in [0.05, 0.1) is 23.8 Å². The minimum Gasteiger partial charge on any atom is -0.484 e. The third-order valence-corrected chi connectivity index (χ3v) is 6.27. The molecule has 0 spiro atoms. The summed E-state index contributed by atoms with van der Waals surface area (Å²) in [5.74, 6) is 0.579. The summed E-state index contributed by atoms with van der Waals surface area (Å²) in [6.07, 6.45) is 1.67. The molecule has 0 radical (unpaired) electrons. The molecule has 0 bridgehead atoms. The topological polar surface area (TPSA) is 94.2 Å². The first-order valence-electron chi connectivity index (χ1n) is 12.3. The lowest BCUT2D eigenvalue weighted by molar-refractivity contribution is -0.118. The third kappa shape index (κ3) is 5.65. The van der Waals surface area contributed by atoms with E-state index in [9.17, 15) is 14.4 Å². The zero-order valence-corrected chi connectivity index (χ0v) is 20.8. The fourth-order valence-corrected chi connectivity index (χ4v) is 4.63. The van der Waals surface area contributed by atoms with Gasteiger partial charge in [-0.1, -0.05) is 12.1 Å². The molecule has 37 heavy (non-hydrogen) atoms. The lowest BCUT2D eigenvalue weighted by atomic mass is 10.1. The molecular formula is C29H28N2O6. The number of hydrogen-bond acceptors (Lipinski definition) is 6. The van der Waals surface area contributed by atoms with E-state index < -0.39 is 0 Å². The van der Waals surface area contributed by atoms with Crippen LogP contribution in [0.3, 0.4) is 0 Å². The normalized spacial score (nSPS) is 16.6. The Hall–Kier alpha value is -4.17. The summed E-state index contributed by atoms with van der Waals surface area (Å²) in [5.41, 5.74) is 3.34. The summed E-state index contributed by atoms with van der Waals surface area (Å²) in [7, 11) is 0. The molecule has 1 unspecified atom stereocenters. The summed E-state index contributed by atoms with van der Waals surface area (Å²) in [6.45, 7) is 4.74. The number of anilines is 1. The second-order valence-corrected chi connectivity index (χ2v) is 9.35. The molecule has 3 aromatic carbocycles. The van der Waals surface area contributed by atoms with Crippen LogP contribution in [0.15, 0.2) is 60.7 Å². The molecule has 0 aliphatic carbocycles. The number of carbonyl (C=O) groups excluding carboxylic acids is 3. The number of aryl methyl sites for hydroxylation is 2. The number of hydrogen-bond donors (Lipinski definition) is 1. The molecule has 0 saturated carbocycles. The average Bonchev–Trinajstić information content (AvgIpc) is 3.45. The Labute approximate surface area is 215 Å². The van der Waals surface area contributed by atoms with Crippen molar-refractivity contribution in [1.29, 1.82) is 0 Å². The van der Waals surface area contributed by atoms with Crippen LogP contribution in [-0.4, -0.2) is 48.5 Å². The Kier molecular flexibility index (Phi) is 6.92. The van der Waals surface area contributed by atoms with Crippen molar-refractivity contribution in [2.45, 2.75) is 32.8 Å². The number of imide groups is 1. The third-order valence-electron chi connectivity index (χ3n) is 6.27. The van der Waals surface area contributed by atoms with Crippen LogP contribution in [0.1, 0.15) is 44.7 Å². The van der Waals surface area contributed by atoms with Crippen molar-refractivity contribution in [2.75, 3.05) is 25.1 Å². The van der Waals surface area contributed by atoms with Crippen LogP contribution in [0.2, 0.25) is 0 Å². The molecule has 3 aromatic rings. The Bertz CT molecular complexity index is 1340. The first-order valence-corrected chi connectivity index (χ1v) is 12.3. The number of amides is 3. The van der Waals surface area contributed by atoms with Gasteiger partial charge in [0.15, 0.2) is 6.61 Å². The SMILES string of the molecule is Cc1cc(C)cc(OCC(=O)Nc2cccc(Oc3ccc4c(c3)C(=O)N(CC3CCCO3)C4=O)c2)c1. The maximum Gasteiger partial charge on any atom is 0.262 e. The smallest absolute Gasteiger partial charge is 0.262 e. The molecule has 190 valence electrons. The predicted octanol–water partition coefficient (Wildman–Crippen LogP) is 4.89. The van der Waals surface area contributed by atoms with Crippen molar-refractivity contribution in [3.8, 4) is 17.2 Å². The van der Waals surface area contributed by atoms with E-state index in [4.69, 9.17) is 14.2 Å². The fourth-order valence-electron chi connectivity index (χ4n) is 4.63. The largest absolute Gasteiger partial charge is 0.484 e. The van der Waals surface area contributed by atoms with Gasteiger partial charge in [-0.15, -0.1) is 0 Å². The monoisotopic (exact) mass is 500 g/mol. The maximum atomic E-state index is 12.9. The van der Waals surface area contributed by atoms with Crippen LogP contribution in [0.5, 0.6) is 17.2 Å². The second kappa shape index (κ2) is 10.4. The van der Waals surface area contributed by atoms with E-state index in [1.807, 2.05) is 32.0 Å². The zero-order valence-electron chi connectivity index (χ0n) is 20.8. The summed E-state index contributed by atoms with van der Waals surface area (Å²) in [5, 5.41) is 2.80. The first-order chi connectivity index (χ1) is 17.9. The Balaban J connectivity index is 1.21. The van der Waals surface area contributed by atoms with Crippen molar-refractivity contribution in [3.05, 3.63) is 82.9 Å². The summed E-state index contributed by atoms with van der Waals surface area (Å²) in [4.78, 5) is 39.3. The van der Waals surface area contributed by atoms with Crippen LogP contribution >= 0.6 is 0 Å². The number of carbonyl (C=O) groups is 3. The molecule has 1 atom stereocenters. The quantitative estimate of drug-likeness (QED) is 0.443. The molecule has 3 amide bonds. The maximum absolute atomic E-state index is 12.9. The highest BCUT2D eigenvalue weighted by Crippen LogP contribution is 2.31. The lowest BCUT2D eigenvalue weighted by Gasteiger charge is -2.17.